The molecule has 0 N–H and O–H groups in total. The van der Waals surface area contributed by atoms with Crippen LogP contribution in [0.1, 0.15) is 11.6 Å². The Bertz CT molecular complexity index is 1080. The molecular formula is C20H17N5O2. The summed E-state index contributed by atoms with van der Waals surface area (Å²) >= 11 is 0. The second-order valence-electron chi connectivity index (χ2n) is 6.25. The third kappa shape index (κ3) is 3.02. The zero-order valence-electron chi connectivity index (χ0n) is 14.7. The number of hydrogen-bond acceptors (Lipinski definition) is 6. The summed E-state index contributed by atoms with van der Waals surface area (Å²) in [6.45, 7) is 1.15. The van der Waals surface area contributed by atoms with Gasteiger partial charge >= 0.3 is 0 Å². The molecule has 7 nitrogen and oxygen atoms in total. The smallest absolute Gasteiger partial charge is 0.267 e. The molecule has 134 valence electrons. The van der Waals surface area contributed by atoms with Crippen LogP contribution >= 0.6 is 0 Å². The van der Waals surface area contributed by atoms with E-state index in [0.29, 0.717) is 35.9 Å². The van der Waals surface area contributed by atoms with Crippen LogP contribution in [0.5, 0.6) is 5.75 Å². The van der Waals surface area contributed by atoms with Crippen molar-refractivity contribution in [1.29, 1.82) is 5.26 Å². The van der Waals surface area contributed by atoms with E-state index >= 15 is 0 Å². The summed E-state index contributed by atoms with van der Waals surface area (Å²) in [6, 6.07) is 16.4. The number of hydrogen-bond donors (Lipinski definition) is 0. The molecule has 27 heavy (non-hydrogen) atoms. The number of methoxy groups -OCH3 is 1. The number of aromatic nitrogens is 3. The van der Waals surface area contributed by atoms with Crippen molar-refractivity contribution in [2.45, 2.75) is 6.04 Å². The standard InChI is InChI=1S/C20H17N5O2/c1-27-18-7-3-2-6-16(18)17-8-9-19(26)25(23-17)15-12-24(13-15)20-14(11-21)5-4-10-22-20/h2-10,15H,12-13H2,1H3. The molecule has 1 saturated heterocycles. The molecule has 0 radical (unpaired) electrons. The van der Waals surface area contributed by atoms with Crippen LogP contribution in [0.2, 0.25) is 0 Å². The SMILES string of the molecule is COc1ccccc1-c1ccc(=O)n(C2CN(c3ncccc3C#N)C2)n1. The summed E-state index contributed by atoms with van der Waals surface area (Å²) in [5.41, 5.74) is 1.89. The van der Waals surface area contributed by atoms with Crippen LogP contribution in [0.25, 0.3) is 11.3 Å². The lowest BCUT2D eigenvalue weighted by Crippen LogP contribution is -2.51. The second-order valence-corrected chi connectivity index (χ2v) is 6.25. The molecule has 4 rings (SSSR count). The molecule has 0 saturated carbocycles. The first-order chi connectivity index (χ1) is 13.2. The number of ether oxygens (including phenoxy) is 1. The van der Waals surface area contributed by atoms with E-state index in [1.165, 1.54) is 10.7 Å². The van der Waals surface area contributed by atoms with Gasteiger partial charge in [-0.25, -0.2) is 9.67 Å². The molecule has 7 heteroatoms. The van der Waals surface area contributed by atoms with E-state index in [2.05, 4.69) is 16.2 Å². The fraction of sp³-hybridized carbons (Fsp3) is 0.200. The fourth-order valence-corrected chi connectivity index (χ4v) is 3.21. The van der Waals surface area contributed by atoms with Gasteiger partial charge in [0, 0.05) is 30.9 Å². The van der Waals surface area contributed by atoms with Gasteiger partial charge in [-0.2, -0.15) is 10.4 Å². The Morgan fingerprint density at radius 2 is 1.96 bits per heavy atom. The van der Waals surface area contributed by atoms with Gasteiger partial charge in [0.05, 0.1) is 24.4 Å². The lowest BCUT2D eigenvalue weighted by Gasteiger charge is -2.40. The average Bonchev–Trinajstić information content (AvgIpc) is 2.68. The molecule has 0 bridgehead atoms. The Morgan fingerprint density at radius 1 is 1.15 bits per heavy atom. The van der Waals surface area contributed by atoms with Gasteiger partial charge in [-0.1, -0.05) is 12.1 Å². The quantitative estimate of drug-likeness (QED) is 0.710. The summed E-state index contributed by atoms with van der Waals surface area (Å²) in [6.07, 6.45) is 1.66. The topological polar surface area (TPSA) is 84.0 Å². The maximum Gasteiger partial charge on any atom is 0.267 e. The first-order valence-electron chi connectivity index (χ1n) is 8.54. The minimum atomic E-state index is -0.153. The van der Waals surface area contributed by atoms with Gasteiger partial charge in [0.1, 0.15) is 17.6 Å². The maximum atomic E-state index is 12.3. The highest BCUT2D eigenvalue weighted by Crippen LogP contribution is 2.30. The van der Waals surface area contributed by atoms with Gasteiger partial charge in [0.25, 0.3) is 5.56 Å². The molecule has 0 aliphatic carbocycles. The third-order valence-electron chi connectivity index (χ3n) is 4.62. The second kappa shape index (κ2) is 6.92. The molecule has 3 heterocycles. The van der Waals surface area contributed by atoms with E-state index in [0.717, 1.165) is 5.56 Å². The molecular weight excluding hydrogens is 342 g/mol. The molecule has 1 aliphatic rings. The normalized spacial score (nSPS) is 13.7. The summed E-state index contributed by atoms with van der Waals surface area (Å²) < 4.78 is 6.90. The van der Waals surface area contributed by atoms with Crippen molar-refractivity contribution in [2.24, 2.45) is 0 Å². The predicted octanol–water partition coefficient (Wildman–Crippen LogP) is 2.25. The van der Waals surface area contributed by atoms with Crippen molar-refractivity contribution < 1.29 is 4.74 Å². The third-order valence-corrected chi connectivity index (χ3v) is 4.62. The number of para-hydroxylation sites is 1. The molecule has 1 aliphatic heterocycles. The molecule has 0 atom stereocenters. The van der Waals surface area contributed by atoms with Crippen LogP contribution in [0, 0.1) is 11.3 Å². The van der Waals surface area contributed by atoms with E-state index in [9.17, 15) is 10.1 Å². The van der Waals surface area contributed by atoms with E-state index in [4.69, 9.17) is 4.74 Å². The molecule has 0 amide bonds. The van der Waals surface area contributed by atoms with Crippen LogP contribution in [0.4, 0.5) is 5.82 Å². The van der Waals surface area contributed by atoms with Crippen molar-refractivity contribution in [3.05, 3.63) is 70.6 Å². The molecule has 3 aromatic rings. The van der Waals surface area contributed by atoms with Gasteiger partial charge in [-0.15, -0.1) is 0 Å². The van der Waals surface area contributed by atoms with Gasteiger partial charge in [0.2, 0.25) is 0 Å². The van der Waals surface area contributed by atoms with E-state index in [1.807, 2.05) is 29.2 Å². The number of pyridine rings is 1. The van der Waals surface area contributed by atoms with Crippen molar-refractivity contribution in [3.63, 3.8) is 0 Å². The first-order valence-corrected chi connectivity index (χ1v) is 8.54. The Hall–Kier alpha value is -3.66. The van der Waals surface area contributed by atoms with E-state index < -0.39 is 0 Å². The summed E-state index contributed by atoms with van der Waals surface area (Å²) in [5, 5.41) is 13.8. The number of anilines is 1. The van der Waals surface area contributed by atoms with Crippen LogP contribution in [-0.4, -0.2) is 35.0 Å². The fourth-order valence-electron chi connectivity index (χ4n) is 3.21. The lowest BCUT2D eigenvalue weighted by molar-refractivity contribution is 0.352. The van der Waals surface area contributed by atoms with Gasteiger partial charge in [-0.05, 0) is 30.3 Å². The Morgan fingerprint density at radius 3 is 2.74 bits per heavy atom. The van der Waals surface area contributed by atoms with Gasteiger partial charge < -0.3 is 9.64 Å². The van der Waals surface area contributed by atoms with Crippen LogP contribution in [0.3, 0.4) is 0 Å². The van der Waals surface area contributed by atoms with E-state index in [1.54, 1.807) is 31.5 Å². The highest BCUT2D eigenvalue weighted by Gasteiger charge is 2.32. The van der Waals surface area contributed by atoms with Crippen LogP contribution < -0.4 is 15.2 Å². The van der Waals surface area contributed by atoms with E-state index in [-0.39, 0.29) is 11.6 Å². The minimum absolute atomic E-state index is 0.0688. The summed E-state index contributed by atoms with van der Waals surface area (Å²) in [5.74, 6) is 1.35. The van der Waals surface area contributed by atoms with Crippen molar-refractivity contribution >= 4 is 5.82 Å². The Kier molecular flexibility index (Phi) is 4.30. The summed E-state index contributed by atoms with van der Waals surface area (Å²) in [4.78, 5) is 18.6. The molecule has 2 aromatic heterocycles. The average molecular weight is 359 g/mol. The van der Waals surface area contributed by atoms with Gasteiger partial charge in [-0.3, -0.25) is 4.79 Å². The van der Waals surface area contributed by atoms with Gasteiger partial charge in [0.15, 0.2) is 0 Å². The molecule has 1 fully saturated rings. The first kappa shape index (κ1) is 16.8. The Balaban J connectivity index is 1.61. The predicted molar refractivity (Wildman–Crippen MR) is 101 cm³/mol. The van der Waals surface area contributed by atoms with Crippen molar-refractivity contribution in [3.8, 4) is 23.1 Å². The minimum Gasteiger partial charge on any atom is -0.496 e. The largest absolute Gasteiger partial charge is 0.496 e. The monoisotopic (exact) mass is 359 g/mol. The number of rotatable bonds is 4. The lowest BCUT2D eigenvalue weighted by atomic mass is 10.1. The molecule has 0 spiro atoms. The van der Waals surface area contributed by atoms with Crippen LogP contribution in [0.15, 0.2) is 59.5 Å². The van der Waals surface area contributed by atoms with Crippen molar-refractivity contribution in [2.75, 3.05) is 25.1 Å². The number of nitriles is 1. The number of benzene rings is 1. The highest BCUT2D eigenvalue weighted by molar-refractivity contribution is 5.66. The zero-order valence-corrected chi connectivity index (χ0v) is 14.7. The highest BCUT2D eigenvalue weighted by atomic mass is 16.5. The molecule has 1 aromatic carbocycles. The number of nitrogens with zero attached hydrogens (tertiary/aromatic N) is 5. The Labute approximate surface area is 156 Å². The maximum absolute atomic E-state index is 12.3. The van der Waals surface area contributed by atoms with Crippen molar-refractivity contribution in [1.82, 2.24) is 14.8 Å². The molecule has 0 unspecified atom stereocenters. The summed E-state index contributed by atoms with van der Waals surface area (Å²) in [7, 11) is 1.61. The van der Waals surface area contributed by atoms with Crippen LogP contribution in [-0.2, 0) is 0 Å². The zero-order chi connectivity index (χ0) is 18.8.